The third-order valence-electron chi connectivity index (χ3n) is 3.31. The lowest BCUT2D eigenvalue weighted by Gasteiger charge is -2.15. The van der Waals surface area contributed by atoms with Crippen molar-refractivity contribution >= 4 is 27.4 Å². The van der Waals surface area contributed by atoms with E-state index in [-0.39, 0.29) is 11.0 Å². The van der Waals surface area contributed by atoms with Crippen LogP contribution in [0.2, 0.25) is 0 Å². The highest BCUT2D eigenvalue weighted by molar-refractivity contribution is 7.21. The van der Waals surface area contributed by atoms with Gasteiger partial charge in [0.25, 0.3) is 0 Å². The minimum Gasteiger partial charge on any atom is -0.484 e. The Morgan fingerprint density at radius 1 is 1.10 bits per heavy atom. The van der Waals surface area contributed by atoms with Crippen molar-refractivity contribution in [1.29, 1.82) is 0 Å². The summed E-state index contributed by atoms with van der Waals surface area (Å²) in [6.07, 6.45) is -0.206. The van der Waals surface area contributed by atoms with Crippen molar-refractivity contribution in [2.45, 2.75) is 13.0 Å². The van der Waals surface area contributed by atoms with Crippen LogP contribution in [-0.4, -0.2) is 11.1 Å². The number of rotatable bonds is 4. The topological polar surface area (TPSA) is 46.5 Å². The van der Waals surface area contributed by atoms with Crippen LogP contribution in [0.3, 0.4) is 0 Å². The summed E-state index contributed by atoms with van der Waals surface area (Å²) in [7, 11) is 0. The van der Waals surface area contributed by atoms with Gasteiger partial charge in [0.1, 0.15) is 6.10 Å². The smallest absolute Gasteiger partial charge is 0.349 e. The van der Waals surface area contributed by atoms with Gasteiger partial charge in [-0.25, -0.2) is 4.79 Å². The second-order valence-corrected chi connectivity index (χ2v) is 5.78. The van der Waals surface area contributed by atoms with Gasteiger partial charge in [-0.1, -0.05) is 42.5 Å². The lowest BCUT2D eigenvalue weighted by Crippen LogP contribution is -2.05. The molecule has 3 aromatic rings. The molecule has 0 aliphatic rings. The predicted octanol–water partition coefficient (Wildman–Crippen LogP) is 4.74. The van der Waals surface area contributed by atoms with Crippen LogP contribution in [0.25, 0.3) is 10.1 Å². The van der Waals surface area contributed by atoms with E-state index in [1.165, 1.54) is 11.3 Å². The maximum atomic E-state index is 11.4. The molecule has 0 amide bonds. The molecule has 0 aliphatic carbocycles. The van der Waals surface area contributed by atoms with E-state index in [1.807, 2.05) is 61.5 Å². The molecule has 0 aliphatic heterocycles. The lowest BCUT2D eigenvalue weighted by atomic mass is 10.1. The van der Waals surface area contributed by atoms with Gasteiger partial charge < -0.3 is 9.84 Å². The highest BCUT2D eigenvalue weighted by Gasteiger charge is 2.21. The van der Waals surface area contributed by atoms with Crippen LogP contribution in [0.4, 0.5) is 0 Å². The molecule has 4 heteroatoms. The van der Waals surface area contributed by atoms with E-state index in [2.05, 4.69) is 0 Å². The van der Waals surface area contributed by atoms with E-state index in [0.717, 1.165) is 15.6 Å². The molecule has 1 heterocycles. The first-order valence-corrected chi connectivity index (χ1v) is 7.45. The summed E-state index contributed by atoms with van der Waals surface area (Å²) in [5.41, 5.74) is 1.02. The Balaban J connectivity index is 2.03. The number of aromatic carboxylic acids is 1. The molecule has 0 saturated carbocycles. The molecule has 1 atom stereocenters. The number of hydrogen-bond donors (Lipinski definition) is 1. The molecule has 1 aromatic heterocycles. The highest BCUT2D eigenvalue weighted by Crippen LogP contribution is 2.39. The summed E-state index contributed by atoms with van der Waals surface area (Å²) in [5, 5.41) is 10.2. The van der Waals surface area contributed by atoms with Gasteiger partial charge in [0, 0.05) is 10.1 Å². The number of benzene rings is 2. The van der Waals surface area contributed by atoms with Gasteiger partial charge in [-0.2, -0.15) is 0 Å². The van der Waals surface area contributed by atoms with Crippen molar-refractivity contribution < 1.29 is 14.6 Å². The number of hydrogen-bond acceptors (Lipinski definition) is 3. The van der Waals surface area contributed by atoms with E-state index in [9.17, 15) is 9.90 Å². The third kappa shape index (κ3) is 2.62. The predicted molar refractivity (Wildman–Crippen MR) is 84.3 cm³/mol. The molecule has 0 bridgehead atoms. The van der Waals surface area contributed by atoms with E-state index < -0.39 is 5.97 Å². The summed E-state index contributed by atoms with van der Waals surface area (Å²) in [5.74, 6) is -0.495. The molecule has 0 fully saturated rings. The van der Waals surface area contributed by atoms with Crippen LogP contribution in [0, 0.1) is 0 Å². The zero-order valence-corrected chi connectivity index (χ0v) is 12.3. The van der Waals surface area contributed by atoms with Crippen LogP contribution >= 0.6 is 11.3 Å². The highest BCUT2D eigenvalue weighted by atomic mass is 32.1. The van der Waals surface area contributed by atoms with Gasteiger partial charge in [0.15, 0.2) is 10.6 Å². The average Bonchev–Trinajstić information content (AvgIpc) is 2.87. The minimum absolute atomic E-state index is 0.206. The molecule has 2 aromatic carbocycles. The Kier molecular flexibility index (Phi) is 3.62. The normalized spacial score (nSPS) is 12.2. The maximum Gasteiger partial charge on any atom is 0.349 e. The van der Waals surface area contributed by atoms with Gasteiger partial charge in [-0.05, 0) is 24.6 Å². The van der Waals surface area contributed by atoms with E-state index >= 15 is 0 Å². The van der Waals surface area contributed by atoms with Gasteiger partial charge in [0.2, 0.25) is 0 Å². The van der Waals surface area contributed by atoms with E-state index in [1.54, 1.807) is 0 Å². The Hall–Kier alpha value is -2.33. The fraction of sp³-hybridized carbons (Fsp3) is 0.118. The molecule has 0 saturated heterocycles. The Labute approximate surface area is 126 Å². The van der Waals surface area contributed by atoms with Crippen LogP contribution in [0.5, 0.6) is 5.75 Å². The summed E-state index contributed by atoms with van der Waals surface area (Å²) >= 11 is 1.24. The molecule has 0 radical (unpaired) electrons. The fourth-order valence-electron chi connectivity index (χ4n) is 2.25. The molecular weight excluding hydrogens is 284 g/mol. The zero-order chi connectivity index (χ0) is 14.8. The molecular formula is C17H14O3S. The van der Waals surface area contributed by atoms with Gasteiger partial charge in [-0.15, -0.1) is 11.3 Å². The van der Waals surface area contributed by atoms with E-state index in [0.29, 0.717) is 5.75 Å². The van der Waals surface area contributed by atoms with Crippen molar-refractivity contribution in [3.8, 4) is 5.75 Å². The Bertz CT molecular complexity index is 777. The first-order valence-electron chi connectivity index (χ1n) is 6.63. The zero-order valence-electron chi connectivity index (χ0n) is 11.4. The van der Waals surface area contributed by atoms with Crippen LogP contribution in [0.1, 0.15) is 28.3 Å². The molecule has 21 heavy (non-hydrogen) atoms. The monoisotopic (exact) mass is 298 g/mol. The van der Waals surface area contributed by atoms with Crippen molar-refractivity contribution in [3.05, 3.63) is 65.0 Å². The maximum absolute atomic E-state index is 11.4. The minimum atomic E-state index is -0.952. The molecule has 3 rings (SSSR count). The van der Waals surface area contributed by atoms with Gasteiger partial charge in [0.05, 0.1) is 0 Å². The van der Waals surface area contributed by atoms with Gasteiger partial charge >= 0.3 is 5.97 Å². The first kappa shape index (κ1) is 13.6. The summed E-state index contributed by atoms with van der Waals surface area (Å²) in [6.45, 7) is 1.92. The number of carboxylic acids is 1. The number of ether oxygens (including phenoxy) is 1. The SMILES string of the molecule is CC(Oc1c(C(=O)O)sc2ccccc12)c1ccccc1. The fourth-order valence-corrected chi connectivity index (χ4v) is 3.22. The Morgan fingerprint density at radius 2 is 1.76 bits per heavy atom. The van der Waals surface area contributed by atoms with Crippen LogP contribution in [-0.2, 0) is 0 Å². The standard InChI is InChI=1S/C17H14O3S/c1-11(12-7-3-2-4-8-12)20-15-13-9-5-6-10-14(13)21-16(15)17(18)19/h2-11H,1H3,(H,18,19). The molecule has 1 N–H and O–H groups in total. The second kappa shape index (κ2) is 5.58. The molecule has 106 valence electrons. The van der Waals surface area contributed by atoms with Crippen molar-refractivity contribution in [1.82, 2.24) is 0 Å². The average molecular weight is 298 g/mol. The number of carboxylic acid groups (broad SMARTS) is 1. The number of carbonyl (C=O) groups is 1. The molecule has 0 spiro atoms. The Morgan fingerprint density at radius 3 is 2.48 bits per heavy atom. The summed E-state index contributed by atoms with van der Waals surface area (Å²) in [4.78, 5) is 11.7. The van der Waals surface area contributed by atoms with Crippen LogP contribution in [0.15, 0.2) is 54.6 Å². The first-order chi connectivity index (χ1) is 10.2. The van der Waals surface area contributed by atoms with E-state index in [4.69, 9.17) is 4.74 Å². The largest absolute Gasteiger partial charge is 0.484 e. The summed E-state index contributed by atoms with van der Waals surface area (Å²) in [6, 6.07) is 17.4. The lowest BCUT2D eigenvalue weighted by molar-refractivity contribution is 0.0696. The molecule has 1 unspecified atom stereocenters. The van der Waals surface area contributed by atoms with Gasteiger partial charge in [-0.3, -0.25) is 0 Å². The quantitative estimate of drug-likeness (QED) is 0.756. The van der Waals surface area contributed by atoms with Crippen molar-refractivity contribution in [3.63, 3.8) is 0 Å². The second-order valence-electron chi connectivity index (χ2n) is 4.73. The number of thiophene rings is 1. The molecule has 3 nitrogen and oxygen atoms in total. The third-order valence-corrected chi connectivity index (χ3v) is 4.45. The summed E-state index contributed by atoms with van der Waals surface area (Å²) < 4.78 is 6.90. The van der Waals surface area contributed by atoms with Crippen LogP contribution < -0.4 is 4.74 Å². The van der Waals surface area contributed by atoms with Crippen molar-refractivity contribution in [2.24, 2.45) is 0 Å². The van der Waals surface area contributed by atoms with Crippen molar-refractivity contribution in [2.75, 3.05) is 0 Å². The number of fused-ring (bicyclic) bond motifs is 1.